The van der Waals surface area contributed by atoms with Gasteiger partial charge in [0, 0.05) is 38.8 Å². The van der Waals surface area contributed by atoms with Gasteiger partial charge in [-0.25, -0.2) is 9.59 Å². The molecule has 1 saturated heterocycles. The minimum atomic E-state index is -0.338. The van der Waals surface area contributed by atoms with Crippen LogP contribution >= 0.6 is 0 Å². The monoisotopic (exact) mass is 332 g/mol. The van der Waals surface area contributed by atoms with E-state index in [1.807, 2.05) is 25.1 Å². The van der Waals surface area contributed by atoms with Crippen LogP contribution in [0.25, 0.3) is 0 Å². The molecule has 0 radical (unpaired) electrons. The van der Waals surface area contributed by atoms with E-state index in [2.05, 4.69) is 9.64 Å². The first-order valence-electron chi connectivity index (χ1n) is 8.08. The van der Waals surface area contributed by atoms with Gasteiger partial charge in [-0.3, -0.25) is 4.90 Å². The molecule has 1 aromatic rings. The zero-order chi connectivity index (χ0) is 17.4. The Labute approximate surface area is 142 Å². The second-order valence-corrected chi connectivity index (χ2v) is 5.81. The van der Waals surface area contributed by atoms with Gasteiger partial charge in [-0.1, -0.05) is 23.8 Å². The Morgan fingerprint density at radius 1 is 1.12 bits per heavy atom. The zero-order valence-electron chi connectivity index (χ0n) is 14.2. The molecule has 6 nitrogen and oxygen atoms in total. The first kappa shape index (κ1) is 18.0. The summed E-state index contributed by atoms with van der Waals surface area (Å²) in [5.41, 5.74) is 0.946. The minimum absolute atomic E-state index is 0.315. The largest absolute Gasteiger partial charge is 0.466 e. The fraction of sp³-hybridized carbons (Fsp3) is 0.444. The average molecular weight is 332 g/mol. The molecule has 1 heterocycles. The lowest BCUT2D eigenvalue weighted by Gasteiger charge is -2.21. The van der Waals surface area contributed by atoms with Crippen molar-refractivity contribution in [3.05, 3.63) is 42.0 Å². The molecular weight excluding hydrogens is 308 g/mol. The number of carbonyl (C=O) groups is 2. The molecule has 6 heteroatoms. The Morgan fingerprint density at radius 3 is 2.58 bits per heavy atom. The summed E-state index contributed by atoms with van der Waals surface area (Å²) < 4.78 is 10.0. The average Bonchev–Trinajstić information content (AvgIpc) is 2.81. The number of ether oxygens (including phenoxy) is 2. The Balaban J connectivity index is 1.85. The van der Waals surface area contributed by atoms with Crippen molar-refractivity contribution >= 4 is 12.1 Å². The van der Waals surface area contributed by atoms with Crippen LogP contribution < -0.4 is 4.74 Å². The van der Waals surface area contributed by atoms with Crippen LogP contribution in [0.4, 0.5) is 4.79 Å². The van der Waals surface area contributed by atoms with Crippen LogP contribution in [-0.2, 0) is 9.53 Å². The van der Waals surface area contributed by atoms with E-state index < -0.39 is 0 Å². The number of benzene rings is 1. The second-order valence-electron chi connectivity index (χ2n) is 5.81. The molecule has 1 amide bonds. The summed E-state index contributed by atoms with van der Waals surface area (Å²) in [7, 11) is 1.37. The number of esters is 1. The number of carbonyl (C=O) groups excluding carboxylic acids is 2. The first-order chi connectivity index (χ1) is 11.6. The quantitative estimate of drug-likeness (QED) is 0.625. The molecule has 0 spiro atoms. The molecule has 0 aromatic heterocycles. The van der Waals surface area contributed by atoms with Crippen LogP contribution in [0.15, 0.2) is 42.0 Å². The number of methoxy groups -OCH3 is 1. The molecule has 2 rings (SSSR count). The standard InChI is InChI=1S/C18H24N2O4/c1-15(13-17(21)23-2)14-19-9-6-10-20(12-11-19)18(22)24-16-7-4-3-5-8-16/h3-5,7-8,13H,6,9-12,14H2,1-2H3. The van der Waals surface area contributed by atoms with Crippen LogP contribution in [-0.4, -0.2) is 61.7 Å². The summed E-state index contributed by atoms with van der Waals surface area (Å²) in [6, 6.07) is 9.09. The van der Waals surface area contributed by atoms with E-state index in [1.165, 1.54) is 13.2 Å². The van der Waals surface area contributed by atoms with Gasteiger partial charge >= 0.3 is 12.1 Å². The normalized spacial score (nSPS) is 16.4. The molecule has 1 aliphatic heterocycles. The van der Waals surface area contributed by atoms with Crippen molar-refractivity contribution in [1.29, 1.82) is 0 Å². The molecule has 0 unspecified atom stereocenters. The van der Waals surface area contributed by atoms with E-state index in [-0.39, 0.29) is 12.1 Å². The molecule has 0 N–H and O–H groups in total. The van der Waals surface area contributed by atoms with Gasteiger partial charge in [0.25, 0.3) is 0 Å². The molecular formula is C18H24N2O4. The Kier molecular flexibility index (Phi) is 6.81. The molecule has 0 atom stereocenters. The van der Waals surface area contributed by atoms with Crippen molar-refractivity contribution < 1.29 is 19.1 Å². The van der Waals surface area contributed by atoms with E-state index >= 15 is 0 Å². The van der Waals surface area contributed by atoms with E-state index in [9.17, 15) is 9.59 Å². The highest BCUT2D eigenvalue weighted by Crippen LogP contribution is 2.12. The summed E-state index contributed by atoms with van der Waals surface area (Å²) >= 11 is 0. The maximum absolute atomic E-state index is 12.2. The van der Waals surface area contributed by atoms with Crippen LogP contribution in [0.3, 0.4) is 0 Å². The van der Waals surface area contributed by atoms with Gasteiger partial charge in [0.2, 0.25) is 0 Å². The van der Waals surface area contributed by atoms with E-state index in [0.717, 1.165) is 25.1 Å². The maximum atomic E-state index is 12.2. The summed E-state index contributed by atoms with van der Waals surface area (Å²) in [6.45, 7) is 5.50. The van der Waals surface area contributed by atoms with E-state index in [1.54, 1.807) is 17.0 Å². The highest BCUT2D eigenvalue weighted by Gasteiger charge is 2.20. The number of hydrogen-bond donors (Lipinski definition) is 0. The molecule has 130 valence electrons. The first-order valence-corrected chi connectivity index (χ1v) is 8.08. The third-order valence-corrected chi connectivity index (χ3v) is 3.83. The molecule has 24 heavy (non-hydrogen) atoms. The SMILES string of the molecule is COC(=O)C=C(C)CN1CCCN(C(=O)Oc2ccccc2)CC1. The Bertz CT molecular complexity index is 586. The van der Waals surface area contributed by atoms with Gasteiger partial charge in [-0.2, -0.15) is 0 Å². The van der Waals surface area contributed by atoms with Crippen LogP contribution in [0.1, 0.15) is 13.3 Å². The smallest absolute Gasteiger partial charge is 0.415 e. The van der Waals surface area contributed by atoms with Gasteiger partial charge in [-0.15, -0.1) is 0 Å². The van der Waals surface area contributed by atoms with Crippen molar-refractivity contribution in [2.45, 2.75) is 13.3 Å². The van der Waals surface area contributed by atoms with Crippen molar-refractivity contribution in [3.63, 3.8) is 0 Å². The number of hydrogen-bond acceptors (Lipinski definition) is 5. The van der Waals surface area contributed by atoms with E-state index in [0.29, 0.717) is 25.4 Å². The van der Waals surface area contributed by atoms with Gasteiger partial charge < -0.3 is 14.4 Å². The number of para-hydroxylation sites is 1. The highest BCUT2D eigenvalue weighted by atomic mass is 16.6. The molecule has 0 bridgehead atoms. The third-order valence-electron chi connectivity index (χ3n) is 3.83. The zero-order valence-corrected chi connectivity index (χ0v) is 14.2. The number of nitrogens with zero attached hydrogens (tertiary/aromatic N) is 2. The predicted octanol–water partition coefficient (Wildman–Crippen LogP) is 2.31. The van der Waals surface area contributed by atoms with Crippen LogP contribution in [0, 0.1) is 0 Å². The number of rotatable bonds is 4. The van der Waals surface area contributed by atoms with Gasteiger partial charge in [0.15, 0.2) is 0 Å². The van der Waals surface area contributed by atoms with Gasteiger partial charge in [0.1, 0.15) is 5.75 Å². The molecule has 1 fully saturated rings. The lowest BCUT2D eigenvalue weighted by atomic mass is 10.2. The third kappa shape index (κ3) is 5.70. The van der Waals surface area contributed by atoms with Crippen LogP contribution in [0.2, 0.25) is 0 Å². The fourth-order valence-electron chi connectivity index (χ4n) is 2.62. The highest BCUT2D eigenvalue weighted by molar-refractivity contribution is 5.82. The summed E-state index contributed by atoms with van der Waals surface area (Å²) in [4.78, 5) is 27.5. The fourth-order valence-corrected chi connectivity index (χ4v) is 2.62. The molecule has 1 aromatic carbocycles. The Morgan fingerprint density at radius 2 is 1.88 bits per heavy atom. The summed E-state index contributed by atoms with van der Waals surface area (Å²) in [5, 5.41) is 0. The summed E-state index contributed by atoms with van der Waals surface area (Å²) in [6.07, 6.45) is 2.06. The Hall–Kier alpha value is -2.34. The minimum Gasteiger partial charge on any atom is -0.466 e. The van der Waals surface area contributed by atoms with E-state index in [4.69, 9.17) is 4.74 Å². The predicted molar refractivity (Wildman–Crippen MR) is 90.9 cm³/mol. The number of amides is 1. The van der Waals surface area contributed by atoms with Crippen molar-refractivity contribution in [3.8, 4) is 5.75 Å². The topological polar surface area (TPSA) is 59.1 Å². The van der Waals surface area contributed by atoms with Crippen molar-refractivity contribution in [2.75, 3.05) is 39.8 Å². The molecule has 1 aliphatic rings. The van der Waals surface area contributed by atoms with Gasteiger partial charge in [0.05, 0.1) is 7.11 Å². The van der Waals surface area contributed by atoms with Gasteiger partial charge in [-0.05, 0) is 25.5 Å². The van der Waals surface area contributed by atoms with Crippen molar-refractivity contribution in [2.24, 2.45) is 0 Å². The molecule has 0 aliphatic carbocycles. The summed E-state index contributed by atoms with van der Waals surface area (Å²) in [5.74, 6) is 0.218. The van der Waals surface area contributed by atoms with Crippen molar-refractivity contribution in [1.82, 2.24) is 9.80 Å². The van der Waals surface area contributed by atoms with Crippen LogP contribution in [0.5, 0.6) is 5.75 Å². The second kappa shape index (κ2) is 9.08. The lowest BCUT2D eigenvalue weighted by Crippen LogP contribution is -2.37. The lowest BCUT2D eigenvalue weighted by molar-refractivity contribution is -0.134. The maximum Gasteiger partial charge on any atom is 0.415 e. The molecule has 0 saturated carbocycles.